The molecule has 0 atom stereocenters. The second kappa shape index (κ2) is 5.63. The average molecular weight is 322 g/mol. The summed E-state index contributed by atoms with van der Waals surface area (Å²) in [6.45, 7) is 1.27. The first kappa shape index (κ1) is 14.7. The van der Waals surface area contributed by atoms with Crippen LogP contribution < -0.4 is 5.56 Å². The Morgan fingerprint density at radius 3 is 2.96 bits per heavy atom. The fraction of sp³-hybridized carbons (Fsp3) is 0.278. The van der Waals surface area contributed by atoms with E-state index in [0.717, 1.165) is 22.2 Å². The van der Waals surface area contributed by atoms with Crippen molar-refractivity contribution < 1.29 is 4.79 Å². The van der Waals surface area contributed by atoms with Crippen molar-refractivity contribution in [3.05, 3.63) is 64.5 Å². The summed E-state index contributed by atoms with van der Waals surface area (Å²) in [6, 6.07) is 10.0. The van der Waals surface area contributed by atoms with Crippen LogP contribution in [0.5, 0.6) is 0 Å². The van der Waals surface area contributed by atoms with Crippen molar-refractivity contribution in [3.63, 3.8) is 0 Å². The lowest BCUT2D eigenvalue weighted by atomic mass is 10.1. The molecule has 1 aromatic carbocycles. The number of hydrogen-bond acceptors (Lipinski definition) is 3. The van der Waals surface area contributed by atoms with Gasteiger partial charge in [0.2, 0.25) is 5.91 Å². The van der Waals surface area contributed by atoms with Crippen molar-refractivity contribution in [3.8, 4) is 0 Å². The second-order valence-electron chi connectivity index (χ2n) is 6.15. The number of amides is 1. The maximum Gasteiger partial charge on any atom is 0.256 e. The molecule has 0 spiro atoms. The quantitative estimate of drug-likeness (QED) is 0.715. The molecule has 1 aliphatic rings. The number of fused-ring (bicyclic) bond motifs is 2. The molecule has 0 radical (unpaired) electrons. The molecular formula is C18H18N4O2. The zero-order valence-electron chi connectivity index (χ0n) is 13.5. The van der Waals surface area contributed by atoms with Gasteiger partial charge in [-0.25, -0.2) is 4.98 Å². The highest BCUT2D eigenvalue weighted by atomic mass is 16.2. The Morgan fingerprint density at radius 1 is 1.25 bits per heavy atom. The Balaban J connectivity index is 1.55. The number of benzene rings is 1. The van der Waals surface area contributed by atoms with E-state index >= 15 is 0 Å². The highest BCUT2D eigenvalue weighted by molar-refractivity contribution is 5.83. The van der Waals surface area contributed by atoms with Gasteiger partial charge < -0.3 is 14.0 Å². The van der Waals surface area contributed by atoms with Gasteiger partial charge in [0.25, 0.3) is 5.56 Å². The molecule has 0 fully saturated rings. The van der Waals surface area contributed by atoms with E-state index < -0.39 is 0 Å². The van der Waals surface area contributed by atoms with Crippen LogP contribution in [0.25, 0.3) is 10.9 Å². The Labute approximate surface area is 139 Å². The molecule has 1 aliphatic heterocycles. The predicted molar refractivity (Wildman–Crippen MR) is 90.5 cm³/mol. The minimum Gasteiger partial charge on any atom is -0.338 e. The van der Waals surface area contributed by atoms with Gasteiger partial charge in [0, 0.05) is 30.9 Å². The van der Waals surface area contributed by atoms with Crippen molar-refractivity contribution in [1.82, 2.24) is 19.0 Å². The molecule has 6 nitrogen and oxygen atoms in total. The summed E-state index contributed by atoms with van der Waals surface area (Å²) in [5, 5.41) is 1.12. The minimum atomic E-state index is -0.0106. The number of aryl methyl sites for hydroxylation is 1. The van der Waals surface area contributed by atoms with Gasteiger partial charge in [0.05, 0.1) is 18.6 Å². The lowest BCUT2D eigenvalue weighted by Crippen LogP contribution is -2.41. The van der Waals surface area contributed by atoms with E-state index in [9.17, 15) is 9.59 Å². The van der Waals surface area contributed by atoms with Crippen LogP contribution in [-0.2, 0) is 31.4 Å². The van der Waals surface area contributed by atoms with Crippen molar-refractivity contribution in [2.75, 3.05) is 6.54 Å². The first-order valence-corrected chi connectivity index (χ1v) is 7.98. The number of aromatic nitrogens is 3. The zero-order chi connectivity index (χ0) is 16.7. The first-order chi connectivity index (χ1) is 11.6. The van der Waals surface area contributed by atoms with Gasteiger partial charge in [-0.1, -0.05) is 18.2 Å². The molecule has 1 amide bonds. The SMILES string of the molecule is Cn1cnc2c(c1=O)CCN(C(=O)Cn1ccc3ccccc31)C2. The molecule has 122 valence electrons. The summed E-state index contributed by atoms with van der Waals surface area (Å²) in [5.41, 5.74) is 2.49. The first-order valence-electron chi connectivity index (χ1n) is 7.98. The van der Waals surface area contributed by atoms with Gasteiger partial charge >= 0.3 is 0 Å². The Hall–Kier alpha value is -2.89. The fourth-order valence-corrected chi connectivity index (χ4v) is 3.25. The third kappa shape index (κ3) is 2.40. The van der Waals surface area contributed by atoms with Gasteiger partial charge in [0.15, 0.2) is 0 Å². The van der Waals surface area contributed by atoms with Gasteiger partial charge in [0.1, 0.15) is 6.54 Å². The molecular weight excluding hydrogens is 304 g/mol. The summed E-state index contributed by atoms with van der Waals surface area (Å²) in [7, 11) is 1.70. The van der Waals surface area contributed by atoms with Gasteiger partial charge in [-0.2, -0.15) is 0 Å². The molecule has 2 aromatic heterocycles. The van der Waals surface area contributed by atoms with Crippen molar-refractivity contribution in [2.45, 2.75) is 19.5 Å². The molecule has 3 heterocycles. The normalized spacial score (nSPS) is 14.0. The average Bonchev–Trinajstić information content (AvgIpc) is 3.01. The molecule has 6 heteroatoms. The predicted octanol–water partition coefficient (Wildman–Crippen LogP) is 1.32. The van der Waals surface area contributed by atoms with Crippen LogP contribution >= 0.6 is 0 Å². The molecule has 0 bridgehead atoms. The third-order valence-electron chi connectivity index (χ3n) is 4.62. The number of hydrogen-bond donors (Lipinski definition) is 0. The topological polar surface area (TPSA) is 60.1 Å². The number of rotatable bonds is 2. The van der Waals surface area contributed by atoms with Crippen LogP contribution in [0.1, 0.15) is 11.3 Å². The summed E-state index contributed by atoms with van der Waals surface area (Å²) < 4.78 is 3.45. The lowest BCUT2D eigenvalue weighted by molar-refractivity contribution is -0.132. The molecule has 0 unspecified atom stereocenters. The zero-order valence-corrected chi connectivity index (χ0v) is 13.5. The van der Waals surface area contributed by atoms with Crippen LogP contribution in [0.3, 0.4) is 0 Å². The van der Waals surface area contributed by atoms with Crippen LogP contribution in [0, 0.1) is 0 Å². The minimum absolute atomic E-state index is 0.0106. The van der Waals surface area contributed by atoms with E-state index in [-0.39, 0.29) is 11.5 Å². The number of carbonyl (C=O) groups excluding carboxylic acids is 1. The van der Waals surface area contributed by atoms with E-state index in [2.05, 4.69) is 4.98 Å². The maximum atomic E-state index is 12.7. The molecule has 24 heavy (non-hydrogen) atoms. The van der Waals surface area contributed by atoms with Crippen LogP contribution in [-0.4, -0.2) is 31.5 Å². The van der Waals surface area contributed by atoms with Crippen molar-refractivity contribution >= 4 is 16.8 Å². The van der Waals surface area contributed by atoms with Gasteiger partial charge in [-0.3, -0.25) is 9.59 Å². The molecule has 0 saturated heterocycles. The van der Waals surface area contributed by atoms with Crippen LogP contribution in [0.4, 0.5) is 0 Å². The maximum absolute atomic E-state index is 12.7. The Morgan fingerprint density at radius 2 is 2.08 bits per heavy atom. The molecule has 3 aromatic rings. The highest BCUT2D eigenvalue weighted by Crippen LogP contribution is 2.17. The molecule has 0 saturated carbocycles. The van der Waals surface area contributed by atoms with E-state index in [1.54, 1.807) is 11.9 Å². The standard InChI is InChI=1S/C18H18N4O2/c1-20-12-19-15-10-22(9-7-14(15)18(20)24)17(23)11-21-8-6-13-4-2-3-5-16(13)21/h2-6,8,12H,7,9-11H2,1H3. The summed E-state index contributed by atoms with van der Waals surface area (Å²) in [5.74, 6) is 0.0458. The van der Waals surface area contributed by atoms with Gasteiger partial charge in [-0.05, 0) is 23.9 Å². The summed E-state index contributed by atoms with van der Waals surface area (Å²) in [4.78, 5) is 30.9. The van der Waals surface area contributed by atoms with E-state index in [1.165, 1.54) is 10.9 Å². The number of para-hydroxylation sites is 1. The van der Waals surface area contributed by atoms with Crippen LogP contribution in [0.15, 0.2) is 47.7 Å². The molecule has 0 aliphatic carbocycles. The van der Waals surface area contributed by atoms with E-state index in [4.69, 9.17) is 0 Å². The molecule has 4 rings (SSSR count). The lowest BCUT2D eigenvalue weighted by Gasteiger charge is -2.28. The fourth-order valence-electron chi connectivity index (χ4n) is 3.25. The summed E-state index contributed by atoms with van der Waals surface area (Å²) >= 11 is 0. The van der Waals surface area contributed by atoms with E-state index in [0.29, 0.717) is 26.1 Å². The van der Waals surface area contributed by atoms with E-state index in [1.807, 2.05) is 41.1 Å². The monoisotopic (exact) mass is 322 g/mol. The van der Waals surface area contributed by atoms with Crippen molar-refractivity contribution in [2.24, 2.45) is 7.05 Å². The smallest absolute Gasteiger partial charge is 0.256 e. The van der Waals surface area contributed by atoms with Crippen LogP contribution in [0.2, 0.25) is 0 Å². The van der Waals surface area contributed by atoms with Gasteiger partial charge in [-0.15, -0.1) is 0 Å². The highest BCUT2D eigenvalue weighted by Gasteiger charge is 2.24. The molecule has 0 N–H and O–H groups in total. The Kier molecular flexibility index (Phi) is 3.45. The summed E-state index contributed by atoms with van der Waals surface area (Å²) in [6.07, 6.45) is 4.02. The number of carbonyl (C=O) groups is 1. The largest absolute Gasteiger partial charge is 0.338 e. The third-order valence-corrected chi connectivity index (χ3v) is 4.62. The Bertz CT molecular complexity index is 986. The second-order valence-corrected chi connectivity index (χ2v) is 6.15. The number of nitrogens with zero attached hydrogens (tertiary/aromatic N) is 4. The van der Waals surface area contributed by atoms with Crippen molar-refractivity contribution in [1.29, 1.82) is 0 Å².